The first kappa shape index (κ1) is 13.1. The Balaban J connectivity index is 2.07. The van der Waals surface area contributed by atoms with E-state index in [1.54, 1.807) is 6.20 Å². The van der Waals surface area contributed by atoms with Crippen LogP contribution in [-0.4, -0.2) is 28.3 Å². The molecule has 2 rings (SSSR count). The summed E-state index contributed by atoms with van der Waals surface area (Å²) >= 11 is 0. The van der Waals surface area contributed by atoms with Crippen LogP contribution in [0.3, 0.4) is 0 Å². The Hall–Kier alpha value is -1.29. The van der Waals surface area contributed by atoms with Gasteiger partial charge in [0.1, 0.15) is 0 Å². The molecule has 100 valence electrons. The Labute approximate surface area is 108 Å². The molecule has 1 fully saturated rings. The molecule has 1 heterocycles. The molecule has 2 N–H and O–H groups in total. The first-order valence-electron chi connectivity index (χ1n) is 6.73. The minimum atomic E-state index is -0.272. The molecule has 1 aliphatic carbocycles. The number of aliphatic hydroxyl groups excluding tert-OH is 1. The van der Waals surface area contributed by atoms with Crippen molar-refractivity contribution in [3.05, 3.63) is 18.3 Å². The first-order chi connectivity index (χ1) is 8.66. The molecule has 1 saturated carbocycles. The monoisotopic (exact) mass is 250 g/mol. The third-order valence-electron chi connectivity index (χ3n) is 3.19. The molecule has 18 heavy (non-hydrogen) atoms. The third-order valence-corrected chi connectivity index (χ3v) is 3.19. The van der Waals surface area contributed by atoms with Crippen molar-refractivity contribution in [2.75, 3.05) is 5.32 Å². The van der Waals surface area contributed by atoms with Crippen molar-refractivity contribution in [1.29, 1.82) is 0 Å². The zero-order valence-electron chi connectivity index (χ0n) is 11.1. The predicted molar refractivity (Wildman–Crippen MR) is 71.9 cm³/mol. The summed E-state index contributed by atoms with van der Waals surface area (Å²) in [6.07, 6.45) is 5.69. The van der Waals surface area contributed by atoms with E-state index < -0.39 is 0 Å². The SMILES string of the molecule is CC(C)Oc1ncccc1NC1CCCCC1O. The molecule has 0 aliphatic heterocycles. The summed E-state index contributed by atoms with van der Waals surface area (Å²) in [7, 11) is 0. The molecule has 4 nitrogen and oxygen atoms in total. The second-order valence-electron chi connectivity index (χ2n) is 5.13. The maximum Gasteiger partial charge on any atom is 0.237 e. The van der Waals surface area contributed by atoms with Crippen LogP contribution in [0.15, 0.2) is 18.3 Å². The molecule has 0 radical (unpaired) electrons. The van der Waals surface area contributed by atoms with E-state index >= 15 is 0 Å². The molecule has 4 heteroatoms. The van der Waals surface area contributed by atoms with Crippen LogP contribution in [0.2, 0.25) is 0 Å². The van der Waals surface area contributed by atoms with Gasteiger partial charge in [0.2, 0.25) is 5.88 Å². The van der Waals surface area contributed by atoms with Crippen LogP contribution >= 0.6 is 0 Å². The van der Waals surface area contributed by atoms with Gasteiger partial charge in [-0.1, -0.05) is 12.8 Å². The highest BCUT2D eigenvalue weighted by Crippen LogP contribution is 2.27. The van der Waals surface area contributed by atoms with Gasteiger partial charge >= 0.3 is 0 Å². The summed E-state index contributed by atoms with van der Waals surface area (Å²) in [5.41, 5.74) is 0.872. The number of hydrogen-bond donors (Lipinski definition) is 2. The zero-order valence-corrected chi connectivity index (χ0v) is 11.1. The van der Waals surface area contributed by atoms with Crippen LogP contribution in [0.4, 0.5) is 5.69 Å². The van der Waals surface area contributed by atoms with Crippen LogP contribution in [0.1, 0.15) is 39.5 Å². The van der Waals surface area contributed by atoms with Gasteiger partial charge in [0.05, 0.1) is 23.9 Å². The van der Waals surface area contributed by atoms with E-state index in [9.17, 15) is 5.11 Å². The van der Waals surface area contributed by atoms with Crippen molar-refractivity contribution in [1.82, 2.24) is 4.98 Å². The molecule has 2 unspecified atom stereocenters. The fourth-order valence-electron chi connectivity index (χ4n) is 2.30. The van der Waals surface area contributed by atoms with Gasteiger partial charge < -0.3 is 15.2 Å². The maximum atomic E-state index is 9.98. The van der Waals surface area contributed by atoms with Gasteiger partial charge in [-0.2, -0.15) is 0 Å². The third kappa shape index (κ3) is 3.35. The van der Waals surface area contributed by atoms with E-state index in [2.05, 4.69) is 10.3 Å². The highest BCUT2D eigenvalue weighted by atomic mass is 16.5. The number of aliphatic hydroxyl groups is 1. The van der Waals surface area contributed by atoms with E-state index in [4.69, 9.17) is 4.74 Å². The van der Waals surface area contributed by atoms with Crippen LogP contribution in [0, 0.1) is 0 Å². The number of rotatable bonds is 4. The normalized spacial score (nSPS) is 24.0. The molecule has 0 saturated heterocycles. The predicted octanol–water partition coefficient (Wildman–Crippen LogP) is 2.58. The van der Waals surface area contributed by atoms with Crippen molar-refractivity contribution in [3.8, 4) is 5.88 Å². The molecule has 0 amide bonds. The van der Waals surface area contributed by atoms with Crippen molar-refractivity contribution >= 4 is 5.69 Å². The van der Waals surface area contributed by atoms with Gasteiger partial charge in [0.15, 0.2) is 0 Å². The Morgan fingerprint density at radius 1 is 1.39 bits per heavy atom. The number of nitrogens with zero attached hydrogens (tertiary/aromatic N) is 1. The second-order valence-corrected chi connectivity index (χ2v) is 5.13. The molecule has 0 bridgehead atoms. The number of ether oxygens (including phenoxy) is 1. The number of pyridine rings is 1. The van der Waals surface area contributed by atoms with E-state index in [0.717, 1.165) is 31.4 Å². The first-order valence-corrected chi connectivity index (χ1v) is 6.73. The van der Waals surface area contributed by atoms with E-state index in [1.165, 1.54) is 0 Å². The quantitative estimate of drug-likeness (QED) is 0.862. The van der Waals surface area contributed by atoms with Crippen LogP contribution in [0.5, 0.6) is 5.88 Å². The Bertz CT molecular complexity index is 382. The summed E-state index contributed by atoms with van der Waals surface area (Å²) in [6, 6.07) is 3.94. The number of anilines is 1. The van der Waals surface area contributed by atoms with Gasteiger partial charge in [0, 0.05) is 6.20 Å². The number of aromatic nitrogens is 1. The van der Waals surface area contributed by atoms with E-state index in [1.807, 2.05) is 26.0 Å². The average Bonchev–Trinajstić information content (AvgIpc) is 2.34. The summed E-state index contributed by atoms with van der Waals surface area (Å²) < 4.78 is 5.67. The van der Waals surface area contributed by atoms with Crippen LogP contribution in [0.25, 0.3) is 0 Å². The molecule has 0 aromatic carbocycles. The second kappa shape index (κ2) is 6.05. The summed E-state index contributed by atoms with van der Waals surface area (Å²) in [5, 5.41) is 13.3. The number of nitrogens with one attached hydrogen (secondary N) is 1. The van der Waals surface area contributed by atoms with Crippen molar-refractivity contribution in [2.24, 2.45) is 0 Å². The fourth-order valence-corrected chi connectivity index (χ4v) is 2.30. The van der Waals surface area contributed by atoms with E-state index in [-0.39, 0.29) is 18.2 Å². The molecular weight excluding hydrogens is 228 g/mol. The highest BCUT2D eigenvalue weighted by Gasteiger charge is 2.23. The van der Waals surface area contributed by atoms with Crippen molar-refractivity contribution in [2.45, 2.75) is 57.8 Å². The van der Waals surface area contributed by atoms with Gasteiger partial charge in [-0.15, -0.1) is 0 Å². The lowest BCUT2D eigenvalue weighted by atomic mass is 9.92. The Morgan fingerprint density at radius 3 is 2.89 bits per heavy atom. The molecule has 0 spiro atoms. The lowest BCUT2D eigenvalue weighted by molar-refractivity contribution is 0.116. The largest absolute Gasteiger partial charge is 0.473 e. The summed E-state index contributed by atoms with van der Waals surface area (Å²) in [5.74, 6) is 0.616. The van der Waals surface area contributed by atoms with Crippen molar-refractivity contribution < 1.29 is 9.84 Å². The standard InChI is InChI=1S/C14H22N2O2/c1-10(2)18-14-12(7-5-9-15-14)16-11-6-3-4-8-13(11)17/h5,7,9-11,13,16-17H,3-4,6,8H2,1-2H3. The lowest BCUT2D eigenvalue weighted by Gasteiger charge is -2.29. The Morgan fingerprint density at radius 2 is 2.17 bits per heavy atom. The van der Waals surface area contributed by atoms with Gasteiger partial charge in [-0.05, 0) is 38.8 Å². The minimum absolute atomic E-state index is 0.0942. The molecule has 1 aromatic rings. The Kier molecular flexibility index (Phi) is 4.42. The molecule has 2 atom stereocenters. The van der Waals surface area contributed by atoms with Gasteiger partial charge in [-0.25, -0.2) is 4.98 Å². The summed E-state index contributed by atoms with van der Waals surface area (Å²) in [4.78, 5) is 4.24. The smallest absolute Gasteiger partial charge is 0.237 e. The van der Waals surface area contributed by atoms with Crippen LogP contribution < -0.4 is 10.1 Å². The summed E-state index contributed by atoms with van der Waals surface area (Å²) in [6.45, 7) is 3.96. The molecule has 1 aliphatic rings. The highest BCUT2D eigenvalue weighted by molar-refractivity contribution is 5.53. The van der Waals surface area contributed by atoms with Gasteiger partial charge in [0.25, 0.3) is 0 Å². The topological polar surface area (TPSA) is 54.4 Å². The van der Waals surface area contributed by atoms with E-state index in [0.29, 0.717) is 5.88 Å². The molecular formula is C14H22N2O2. The molecule has 1 aromatic heterocycles. The average molecular weight is 250 g/mol. The zero-order chi connectivity index (χ0) is 13.0. The maximum absolute atomic E-state index is 9.98. The van der Waals surface area contributed by atoms with Crippen LogP contribution in [-0.2, 0) is 0 Å². The minimum Gasteiger partial charge on any atom is -0.473 e. The van der Waals surface area contributed by atoms with Crippen molar-refractivity contribution in [3.63, 3.8) is 0 Å². The van der Waals surface area contributed by atoms with Gasteiger partial charge in [-0.3, -0.25) is 0 Å². The number of hydrogen-bond acceptors (Lipinski definition) is 4. The lowest BCUT2D eigenvalue weighted by Crippen LogP contribution is -2.36. The fraction of sp³-hybridized carbons (Fsp3) is 0.643.